The van der Waals surface area contributed by atoms with Crippen molar-refractivity contribution in [3.05, 3.63) is 105 Å². The van der Waals surface area contributed by atoms with Gasteiger partial charge >= 0.3 is 0 Å². The van der Waals surface area contributed by atoms with Crippen molar-refractivity contribution in [3.63, 3.8) is 0 Å². The van der Waals surface area contributed by atoms with Gasteiger partial charge in [-0.15, -0.1) is 5.10 Å². The van der Waals surface area contributed by atoms with Crippen molar-refractivity contribution in [2.45, 2.75) is 0 Å². The molecule has 154 valence electrons. The second kappa shape index (κ2) is 9.31. The molecule has 0 bridgehead atoms. The Kier molecular flexibility index (Phi) is 6.32. The van der Waals surface area contributed by atoms with E-state index in [1.807, 2.05) is 18.2 Å². The standard InChI is InChI=1S/C22H14Cl3N5O/c23-15-6-9-20(17(12-15)22(31)14-4-2-1-3-5-14)26-11-10-21-27-28-29-30(21)16-7-8-18(24)19(25)13-16/h1-13,26H. The molecule has 0 aliphatic carbocycles. The number of hydrogen-bond acceptors (Lipinski definition) is 5. The van der Waals surface area contributed by atoms with Gasteiger partial charge in [0.05, 0.1) is 15.7 Å². The van der Waals surface area contributed by atoms with Gasteiger partial charge in [-0.2, -0.15) is 4.68 Å². The Morgan fingerprint density at radius 2 is 1.74 bits per heavy atom. The zero-order valence-corrected chi connectivity index (χ0v) is 18.1. The predicted molar refractivity (Wildman–Crippen MR) is 123 cm³/mol. The van der Waals surface area contributed by atoms with Crippen LogP contribution in [0.5, 0.6) is 0 Å². The molecule has 4 rings (SSSR count). The lowest BCUT2D eigenvalue weighted by Crippen LogP contribution is -2.05. The van der Waals surface area contributed by atoms with E-state index < -0.39 is 0 Å². The molecule has 0 fully saturated rings. The average Bonchev–Trinajstić information content (AvgIpc) is 3.25. The van der Waals surface area contributed by atoms with E-state index >= 15 is 0 Å². The van der Waals surface area contributed by atoms with E-state index in [-0.39, 0.29) is 5.78 Å². The van der Waals surface area contributed by atoms with Gasteiger partial charge < -0.3 is 5.32 Å². The van der Waals surface area contributed by atoms with Crippen LogP contribution >= 0.6 is 34.8 Å². The van der Waals surface area contributed by atoms with Crippen LogP contribution in [-0.2, 0) is 0 Å². The number of rotatable bonds is 6. The zero-order valence-electron chi connectivity index (χ0n) is 15.8. The molecule has 0 unspecified atom stereocenters. The fourth-order valence-corrected chi connectivity index (χ4v) is 3.34. The van der Waals surface area contributed by atoms with Crippen LogP contribution in [0.3, 0.4) is 0 Å². The van der Waals surface area contributed by atoms with Crippen LogP contribution in [0.25, 0.3) is 11.8 Å². The fraction of sp³-hybridized carbons (Fsp3) is 0. The summed E-state index contributed by atoms with van der Waals surface area (Å²) in [4.78, 5) is 12.9. The van der Waals surface area contributed by atoms with Crippen molar-refractivity contribution in [1.82, 2.24) is 20.2 Å². The Hall–Kier alpha value is -3.19. The van der Waals surface area contributed by atoms with Crippen LogP contribution in [0.2, 0.25) is 15.1 Å². The van der Waals surface area contributed by atoms with Crippen molar-refractivity contribution >= 4 is 52.3 Å². The Morgan fingerprint density at radius 3 is 2.52 bits per heavy atom. The molecule has 4 aromatic rings. The number of benzene rings is 3. The molecule has 1 N–H and O–H groups in total. The lowest BCUT2D eigenvalue weighted by atomic mass is 10.0. The van der Waals surface area contributed by atoms with Gasteiger partial charge in [-0.05, 0) is 46.8 Å². The van der Waals surface area contributed by atoms with Crippen molar-refractivity contribution < 1.29 is 4.79 Å². The van der Waals surface area contributed by atoms with E-state index in [0.29, 0.717) is 43.4 Å². The smallest absolute Gasteiger partial charge is 0.195 e. The minimum Gasteiger partial charge on any atom is -0.361 e. The van der Waals surface area contributed by atoms with Crippen LogP contribution in [0.4, 0.5) is 5.69 Å². The van der Waals surface area contributed by atoms with Crippen LogP contribution < -0.4 is 5.32 Å². The summed E-state index contributed by atoms with van der Waals surface area (Å²) in [7, 11) is 0. The Labute approximate surface area is 193 Å². The first kappa shape index (κ1) is 21.1. The maximum atomic E-state index is 12.9. The molecule has 3 aromatic carbocycles. The summed E-state index contributed by atoms with van der Waals surface area (Å²) in [5, 5.41) is 16.1. The molecule has 1 aromatic heterocycles. The van der Waals surface area contributed by atoms with E-state index in [2.05, 4.69) is 20.8 Å². The highest BCUT2D eigenvalue weighted by Gasteiger charge is 2.14. The fourth-order valence-electron chi connectivity index (χ4n) is 2.88. The molecule has 0 aliphatic rings. The summed E-state index contributed by atoms with van der Waals surface area (Å²) in [6, 6.07) is 19.2. The van der Waals surface area contributed by atoms with Gasteiger partial charge in [-0.3, -0.25) is 4.79 Å². The molecule has 0 spiro atoms. The number of carbonyl (C=O) groups is 1. The van der Waals surface area contributed by atoms with Crippen molar-refractivity contribution in [1.29, 1.82) is 0 Å². The maximum absolute atomic E-state index is 12.9. The van der Waals surface area contributed by atoms with E-state index in [0.717, 1.165) is 0 Å². The number of nitrogens with zero attached hydrogens (tertiary/aromatic N) is 4. The minimum absolute atomic E-state index is 0.139. The summed E-state index contributed by atoms with van der Waals surface area (Å²) in [6.07, 6.45) is 3.32. The Balaban J connectivity index is 1.59. The first-order valence-corrected chi connectivity index (χ1v) is 10.2. The third-order valence-electron chi connectivity index (χ3n) is 4.37. The highest BCUT2D eigenvalue weighted by atomic mass is 35.5. The van der Waals surface area contributed by atoms with Gasteiger partial charge in [0.2, 0.25) is 0 Å². The number of carbonyl (C=O) groups excluding carboxylic acids is 1. The molecule has 0 atom stereocenters. The maximum Gasteiger partial charge on any atom is 0.195 e. The Morgan fingerprint density at radius 1 is 0.935 bits per heavy atom. The third kappa shape index (κ3) is 4.77. The molecule has 0 amide bonds. The second-order valence-corrected chi connectivity index (χ2v) is 7.66. The van der Waals surface area contributed by atoms with Gasteiger partial charge in [0.1, 0.15) is 0 Å². The summed E-state index contributed by atoms with van der Waals surface area (Å²) >= 11 is 18.2. The number of aromatic nitrogens is 4. The van der Waals surface area contributed by atoms with Gasteiger partial charge in [0, 0.05) is 34.1 Å². The van der Waals surface area contributed by atoms with E-state index in [1.165, 1.54) is 4.68 Å². The number of hydrogen-bond donors (Lipinski definition) is 1. The molecule has 9 heteroatoms. The van der Waals surface area contributed by atoms with Crippen LogP contribution in [-0.4, -0.2) is 26.0 Å². The molecule has 0 saturated carbocycles. The molecule has 0 radical (unpaired) electrons. The van der Waals surface area contributed by atoms with Crippen molar-refractivity contribution in [2.75, 3.05) is 5.32 Å². The van der Waals surface area contributed by atoms with Crippen molar-refractivity contribution in [3.8, 4) is 5.69 Å². The van der Waals surface area contributed by atoms with E-state index in [1.54, 1.807) is 60.8 Å². The number of halogens is 3. The first-order valence-electron chi connectivity index (χ1n) is 9.09. The summed E-state index contributed by atoms with van der Waals surface area (Å²) in [6.45, 7) is 0. The summed E-state index contributed by atoms with van der Waals surface area (Å²) in [5.74, 6) is 0.315. The van der Waals surface area contributed by atoms with Gasteiger partial charge in [-0.25, -0.2) is 0 Å². The number of ketones is 1. The van der Waals surface area contributed by atoms with Crippen molar-refractivity contribution in [2.24, 2.45) is 0 Å². The summed E-state index contributed by atoms with van der Waals surface area (Å²) in [5.41, 5.74) is 2.28. The molecule has 31 heavy (non-hydrogen) atoms. The normalized spacial score (nSPS) is 11.1. The summed E-state index contributed by atoms with van der Waals surface area (Å²) < 4.78 is 1.51. The molecular weight excluding hydrogens is 457 g/mol. The number of nitrogens with one attached hydrogen (secondary N) is 1. The number of tetrazole rings is 1. The van der Waals surface area contributed by atoms with E-state index in [9.17, 15) is 4.79 Å². The molecular formula is C22H14Cl3N5O. The molecule has 6 nitrogen and oxygen atoms in total. The number of anilines is 1. The second-order valence-electron chi connectivity index (χ2n) is 6.41. The quantitative estimate of drug-likeness (QED) is 0.353. The Bertz CT molecular complexity index is 1270. The SMILES string of the molecule is O=C(c1ccccc1)c1cc(Cl)ccc1NC=Cc1nnnn1-c1ccc(Cl)c(Cl)c1. The van der Waals surface area contributed by atoms with Crippen LogP contribution in [0, 0.1) is 0 Å². The lowest BCUT2D eigenvalue weighted by molar-refractivity contribution is 0.103. The average molecular weight is 471 g/mol. The zero-order chi connectivity index (χ0) is 21.8. The molecule has 0 aliphatic heterocycles. The van der Waals surface area contributed by atoms with Crippen LogP contribution in [0.15, 0.2) is 72.9 Å². The molecule has 1 heterocycles. The highest BCUT2D eigenvalue weighted by Crippen LogP contribution is 2.25. The largest absolute Gasteiger partial charge is 0.361 e. The predicted octanol–water partition coefficient (Wildman–Crippen LogP) is 5.94. The van der Waals surface area contributed by atoms with Gasteiger partial charge in [0.15, 0.2) is 11.6 Å². The first-order chi connectivity index (χ1) is 15.0. The molecule has 0 saturated heterocycles. The van der Waals surface area contributed by atoms with E-state index in [4.69, 9.17) is 34.8 Å². The lowest BCUT2D eigenvalue weighted by Gasteiger charge is -2.09. The highest BCUT2D eigenvalue weighted by molar-refractivity contribution is 6.42. The monoisotopic (exact) mass is 469 g/mol. The third-order valence-corrected chi connectivity index (χ3v) is 5.35. The topological polar surface area (TPSA) is 72.7 Å². The van der Waals surface area contributed by atoms with Gasteiger partial charge in [0.25, 0.3) is 0 Å². The minimum atomic E-state index is -0.139. The van der Waals surface area contributed by atoms with Crippen LogP contribution in [0.1, 0.15) is 21.7 Å². The van der Waals surface area contributed by atoms with Gasteiger partial charge in [-0.1, -0.05) is 65.1 Å².